The topological polar surface area (TPSA) is 94.3 Å². The third-order valence-electron chi connectivity index (χ3n) is 7.25. The molecule has 6 heteroatoms. The number of allylic oxidation sites excluding steroid dienone is 6. The molecule has 2 N–H and O–H groups in total. The zero-order valence-corrected chi connectivity index (χ0v) is 17.8. The van der Waals surface area contributed by atoms with Crippen molar-refractivity contribution in [2.75, 3.05) is 5.32 Å². The van der Waals surface area contributed by atoms with Crippen molar-refractivity contribution in [1.82, 2.24) is 0 Å². The molecule has 0 saturated carbocycles. The predicted octanol–water partition coefficient (Wildman–Crippen LogP) is 1.79. The van der Waals surface area contributed by atoms with Gasteiger partial charge in [0.25, 0.3) is 0 Å². The molecule has 0 saturated heterocycles. The molecule has 1 heterocycles. The van der Waals surface area contributed by atoms with Crippen LogP contribution in [0.1, 0.15) is 31.8 Å². The average molecular weight is 445 g/mol. The fourth-order valence-corrected chi connectivity index (χ4v) is 5.63. The first-order chi connectivity index (χ1) is 16.5. The first-order valence-corrected chi connectivity index (χ1v) is 11.2. The molecule has 0 aromatic heterocycles. The SMILES string of the molecule is O=C1c2ccccc2C(=O)c2c1ccc1c2[NH+]=C2C=CC3=C(C(=O)C4C=CC=CC4C3=O)C2N1. The van der Waals surface area contributed by atoms with E-state index < -0.39 is 17.9 Å². The van der Waals surface area contributed by atoms with Gasteiger partial charge in [-0.1, -0.05) is 48.6 Å². The Morgan fingerprint density at radius 1 is 0.735 bits per heavy atom. The van der Waals surface area contributed by atoms with E-state index in [0.717, 1.165) is 0 Å². The standard InChI is InChI=1S/C28H16N2O4/c31-25-13-5-1-3-7-15(13)27(33)21-17(25)9-11-19-23(21)29-20-12-10-18-22(24(20)30-19)28(34)16-8-4-2-6-14(16)26(18)32/h1-13,15,23,29H/p+1. The van der Waals surface area contributed by atoms with Gasteiger partial charge >= 0.3 is 0 Å². The summed E-state index contributed by atoms with van der Waals surface area (Å²) in [7, 11) is 0. The third-order valence-corrected chi connectivity index (χ3v) is 7.25. The lowest BCUT2D eigenvalue weighted by Crippen LogP contribution is -2.74. The molecule has 3 unspecified atom stereocenters. The maximum atomic E-state index is 13.5. The van der Waals surface area contributed by atoms with Crippen molar-refractivity contribution in [3.05, 3.63) is 106 Å². The van der Waals surface area contributed by atoms with Crippen LogP contribution in [0.25, 0.3) is 0 Å². The van der Waals surface area contributed by atoms with Gasteiger partial charge in [0.2, 0.25) is 17.2 Å². The zero-order chi connectivity index (χ0) is 23.1. The number of fused-ring (bicyclic) bond motifs is 7. The van der Waals surface area contributed by atoms with E-state index in [4.69, 9.17) is 0 Å². The van der Waals surface area contributed by atoms with E-state index in [1.165, 1.54) is 0 Å². The van der Waals surface area contributed by atoms with Gasteiger partial charge in [0, 0.05) is 33.9 Å². The molecule has 0 spiro atoms. The van der Waals surface area contributed by atoms with Gasteiger partial charge in [0.15, 0.2) is 17.3 Å². The number of carbonyl (C=O) groups is 4. The highest BCUT2D eigenvalue weighted by Gasteiger charge is 2.48. The Kier molecular flexibility index (Phi) is 3.67. The molecular weight excluding hydrogens is 428 g/mol. The minimum absolute atomic E-state index is 0.0640. The second-order valence-corrected chi connectivity index (χ2v) is 8.98. The number of nitrogens with one attached hydrogen (secondary N) is 2. The molecular formula is C28H17N2O4+. The molecule has 3 atom stereocenters. The summed E-state index contributed by atoms with van der Waals surface area (Å²) >= 11 is 0. The van der Waals surface area contributed by atoms with Gasteiger partial charge in [-0.05, 0) is 18.2 Å². The summed E-state index contributed by atoms with van der Waals surface area (Å²) in [6.45, 7) is 0. The first-order valence-electron chi connectivity index (χ1n) is 11.2. The van der Waals surface area contributed by atoms with E-state index >= 15 is 0 Å². The number of Topliss-reactive ketones (excluding diaryl/α,β-unsaturated/α-hetero) is 2. The average Bonchev–Trinajstić information content (AvgIpc) is 2.88. The van der Waals surface area contributed by atoms with E-state index in [-0.39, 0.29) is 23.1 Å². The van der Waals surface area contributed by atoms with Crippen LogP contribution in [-0.4, -0.2) is 34.9 Å². The van der Waals surface area contributed by atoms with Gasteiger partial charge in [0.05, 0.1) is 11.8 Å². The number of anilines is 1. The monoisotopic (exact) mass is 445 g/mol. The van der Waals surface area contributed by atoms with Crippen LogP contribution in [-0.2, 0) is 9.59 Å². The molecule has 2 aromatic rings. The predicted molar refractivity (Wildman–Crippen MR) is 124 cm³/mol. The number of benzene rings is 2. The van der Waals surface area contributed by atoms with Crippen LogP contribution in [0.15, 0.2) is 84.0 Å². The molecule has 34 heavy (non-hydrogen) atoms. The third kappa shape index (κ3) is 2.32. The summed E-state index contributed by atoms with van der Waals surface area (Å²) < 4.78 is 0. The highest BCUT2D eigenvalue weighted by Crippen LogP contribution is 2.40. The van der Waals surface area contributed by atoms with Gasteiger partial charge < -0.3 is 5.32 Å². The van der Waals surface area contributed by atoms with Crippen molar-refractivity contribution in [3.63, 3.8) is 0 Å². The molecule has 0 bridgehead atoms. The van der Waals surface area contributed by atoms with E-state index in [0.29, 0.717) is 50.5 Å². The van der Waals surface area contributed by atoms with E-state index in [1.54, 1.807) is 72.9 Å². The smallest absolute Gasteiger partial charge is 0.239 e. The second-order valence-electron chi connectivity index (χ2n) is 8.98. The fourth-order valence-electron chi connectivity index (χ4n) is 5.63. The number of hydrogen-bond acceptors (Lipinski definition) is 5. The van der Waals surface area contributed by atoms with Crippen LogP contribution >= 0.6 is 0 Å². The van der Waals surface area contributed by atoms with Gasteiger partial charge in [0.1, 0.15) is 17.3 Å². The van der Waals surface area contributed by atoms with Crippen molar-refractivity contribution in [1.29, 1.82) is 0 Å². The summed E-state index contributed by atoms with van der Waals surface area (Å²) in [6, 6.07) is 9.68. The van der Waals surface area contributed by atoms with Crippen LogP contribution in [0.4, 0.5) is 11.4 Å². The van der Waals surface area contributed by atoms with E-state index in [1.807, 2.05) is 0 Å². The molecule has 0 fully saturated rings. The molecule has 0 radical (unpaired) electrons. The molecule has 4 aliphatic carbocycles. The number of rotatable bonds is 0. The Hall–Kier alpha value is -4.45. The number of ketones is 4. The lowest BCUT2D eigenvalue weighted by Gasteiger charge is -2.35. The van der Waals surface area contributed by atoms with Gasteiger partial charge in [-0.25, -0.2) is 4.99 Å². The molecule has 162 valence electrons. The second kappa shape index (κ2) is 6.54. The van der Waals surface area contributed by atoms with Crippen LogP contribution in [0.5, 0.6) is 0 Å². The van der Waals surface area contributed by atoms with Crippen molar-refractivity contribution in [3.8, 4) is 0 Å². The minimum Gasteiger partial charge on any atom is -0.364 e. The molecule has 6 nitrogen and oxygen atoms in total. The number of hydrogen-bond donors (Lipinski definition) is 2. The van der Waals surface area contributed by atoms with Crippen LogP contribution < -0.4 is 10.3 Å². The fraction of sp³-hybridized carbons (Fsp3) is 0.107. The quantitative estimate of drug-likeness (QED) is 0.550. The van der Waals surface area contributed by atoms with Crippen LogP contribution in [0.2, 0.25) is 0 Å². The molecule has 5 aliphatic rings. The summed E-state index contributed by atoms with van der Waals surface area (Å²) in [4.78, 5) is 56.4. The van der Waals surface area contributed by atoms with Crippen molar-refractivity contribution < 1.29 is 24.2 Å². The van der Waals surface area contributed by atoms with Crippen molar-refractivity contribution in [2.24, 2.45) is 11.8 Å². The van der Waals surface area contributed by atoms with Crippen LogP contribution in [0.3, 0.4) is 0 Å². The zero-order valence-electron chi connectivity index (χ0n) is 17.8. The summed E-state index contributed by atoms with van der Waals surface area (Å²) in [5.41, 5.74) is 4.09. The Morgan fingerprint density at radius 2 is 1.44 bits per heavy atom. The highest BCUT2D eigenvalue weighted by molar-refractivity contribution is 6.31. The Balaban J connectivity index is 1.37. The van der Waals surface area contributed by atoms with Gasteiger partial charge in [-0.15, -0.1) is 0 Å². The Labute approximate surface area is 194 Å². The maximum absolute atomic E-state index is 13.5. The first kappa shape index (κ1) is 19.1. The Morgan fingerprint density at radius 3 is 2.21 bits per heavy atom. The van der Waals surface area contributed by atoms with Crippen molar-refractivity contribution in [2.45, 2.75) is 6.04 Å². The molecule has 0 amide bonds. The lowest BCUT2D eigenvalue weighted by molar-refractivity contribution is -0.355. The van der Waals surface area contributed by atoms with Gasteiger partial charge in [-0.2, -0.15) is 0 Å². The summed E-state index contributed by atoms with van der Waals surface area (Å²) in [5, 5.41) is 3.37. The molecule has 1 aliphatic heterocycles. The van der Waals surface area contributed by atoms with Crippen LogP contribution in [0, 0.1) is 11.8 Å². The van der Waals surface area contributed by atoms with E-state index in [9.17, 15) is 19.2 Å². The lowest BCUT2D eigenvalue weighted by atomic mass is 9.68. The molecule has 7 rings (SSSR count). The maximum Gasteiger partial charge on any atom is 0.239 e. The minimum atomic E-state index is -0.538. The van der Waals surface area contributed by atoms with Crippen molar-refractivity contribution >= 4 is 40.2 Å². The molecule has 2 aromatic carbocycles. The largest absolute Gasteiger partial charge is 0.364 e. The number of carbonyl (C=O) groups excluding carboxylic acids is 4. The highest BCUT2D eigenvalue weighted by atomic mass is 16.1. The summed E-state index contributed by atoms with van der Waals surface area (Å²) in [5.74, 6) is -1.54. The Bertz CT molecular complexity index is 1570. The normalized spacial score (nSPS) is 25.5. The van der Waals surface area contributed by atoms with Gasteiger partial charge in [-0.3, -0.25) is 19.2 Å². The summed E-state index contributed by atoms with van der Waals surface area (Å²) in [6.07, 6.45) is 10.6. The van der Waals surface area contributed by atoms with E-state index in [2.05, 4.69) is 10.3 Å².